The molecule has 0 saturated heterocycles. The van der Waals surface area contributed by atoms with Crippen LogP contribution in [0, 0.1) is 5.92 Å². The van der Waals surface area contributed by atoms with E-state index in [2.05, 4.69) is 28.1 Å². The Balaban J connectivity index is 1.38. The van der Waals surface area contributed by atoms with Gasteiger partial charge in [-0.05, 0) is 79.5 Å². The summed E-state index contributed by atoms with van der Waals surface area (Å²) in [4.78, 5) is 12.7. The molecule has 2 aliphatic carbocycles. The van der Waals surface area contributed by atoms with E-state index in [1.807, 2.05) is 0 Å². The zero-order chi connectivity index (χ0) is 20.2. The largest absolute Gasteiger partial charge is 0.333 e. The molecular weight excluding hydrogens is 388 g/mol. The predicted octanol–water partition coefficient (Wildman–Crippen LogP) is 2.95. The van der Waals surface area contributed by atoms with E-state index < -0.39 is 16.1 Å². The van der Waals surface area contributed by atoms with Crippen LogP contribution in [0.2, 0.25) is 0 Å². The van der Waals surface area contributed by atoms with Gasteiger partial charge in [-0.2, -0.15) is 13.5 Å². The first-order valence-electron chi connectivity index (χ1n) is 10.5. The second kappa shape index (κ2) is 6.86. The summed E-state index contributed by atoms with van der Waals surface area (Å²) >= 11 is 0. The Hall–Kier alpha value is -2.35. The molecule has 8 heteroatoms. The van der Waals surface area contributed by atoms with Gasteiger partial charge in [0.1, 0.15) is 0 Å². The van der Waals surface area contributed by atoms with Crippen LogP contribution < -0.4 is 10.0 Å². The molecule has 1 aliphatic heterocycles. The van der Waals surface area contributed by atoms with Crippen molar-refractivity contribution in [3.8, 4) is 0 Å². The van der Waals surface area contributed by atoms with Crippen molar-refractivity contribution in [1.29, 1.82) is 0 Å². The Morgan fingerprint density at radius 3 is 2.48 bits per heavy atom. The first-order chi connectivity index (χ1) is 13.9. The van der Waals surface area contributed by atoms with Crippen LogP contribution in [0.4, 0.5) is 10.5 Å². The van der Waals surface area contributed by atoms with Crippen molar-refractivity contribution in [2.75, 3.05) is 5.32 Å². The Morgan fingerprint density at radius 2 is 1.79 bits per heavy atom. The maximum atomic E-state index is 12.8. The third-order valence-corrected chi connectivity index (χ3v) is 7.65. The number of amides is 2. The van der Waals surface area contributed by atoms with Crippen molar-refractivity contribution >= 4 is 21.7 Å². The summed E-state index contributed by atoms with van der Waals surface area (Å²) in [6.45, 7) is 2.85. The van der Waals surface area contributed by atoms with E-state index in [9.17, 15) is 13.2 Å². The number of rotatable bonds is 3. The number of anilines is 1. The van der Waals surface area contributed by atoms with Gasteiger partial charge in [0.25, 0.3) is 10.0 Å². The minimum absolute atomic E-state index is 0.0831. The minimum atomic E-state index is -4.01. The van der Waals surface area contributed by atoms with Crippen molar-refractivity contribution in [1.82, 2.24) is 14.5 Å². The molecule has 0 saturated carbocycles. The van der Waals surface area contributed by atoms with Crippen LogP contribution in [0.5, 0.6) is 0 Å². The summed E-state index contributed by atoms with van der Waals surface area (Å²) < 4.78 is 29.4. The quantitative estimate of drug-likeness (QED) is 0.808. The van der Waals surface area contributed by atoms with E-state index in [0.717, 1.165) is 62.7 Å². The minimum Gasteiger partial charge on any atom is -0.307 e. The normalized spacial score (nSPS) is 20.1. The molecule has 1 aromatic heterocycles. The van der Waals surface area contributed by atoms with E-state index in [4.69, 9.17) is 0 Å². The smallest absolute Gasteiger partial charge is 0.307 e. The standard InChI is InChI=1S/C21H26N4O3S/c1-13-8-9-25-16(10-13)12-19(23-25)29(27,28)24-21(26)22-20-17-6-2-4-14(17)11-15-5-3-7-18(15)20/h11-13H,2-10H2,1H3,(H2,22,24,26). The van der Waals surface area contributed by atoms with E-state index in [-0.39, 0.29) is 5.03 Å². The Morgan fingerprint density at radius 1 is 1.10 bits per heavy atom. The number of hydrogen-bond donors (Lipinski definition) is 2. The second-order valence-electron chi connectivity index (χ2n) is 8.59. The molecule has 0 fully saturated rings. The molecule has 1 aromatic carbocycles. The number of nitrogens with one attached hydrogen (secondary N) is 2. The molecule has 29 heavy (non-hydrogen) atoms. The fraction of sp³-hybridized carbons (Fsp3) is 0.524. The maximum Gasteiger partial charge on any atom is 0.333 e. The van der Waals surface area contributed by atoms with Gasteiger partial charge in [-0.15, -0.1) is 0 Å². The van der Waals surface area contributed by atoms with Crippen LogP contribution in [0.15, 0.2) is 17.2 Å². The second-order valence-corrected chi connectivity index (χ2v) is 10.2. The zero-order valence-corrected chi connectivity index (χ0v) is 17.4. The highest BCUT2D eigenvalue weighted by Gasteiger charge is 2.28. The molecule has 154 valence electrons. The third-order valence-electron chi connectivity index (χ3n) is 6.45. The summed E-state index contributed by atoms with van der Waals surface area (Å²) in [6.07, 6.45) is 7.83. The van der Waals surface area contributed by atoms with Gasteiger partial charge >= 0.3 is 6.03 Å². The summed E-state index contributed by atoms with van der Waals surface area (Å²) in [5.74, 6) is 0.508. The van der Waals surface area contributed by atoms with Gasteiger partial charge in [-0.25, -0.2) is 9.52 Å². The summed E-state index contributed by atoms with van der Waals surface area (Å²) in [6, 6.07) is 3.16. The monoisotopic (exact) mass is 414 g/mol. The van der Waals surface area contributed by atoms with E-state index in [1.165, 1.54) is 22.3 Å². The molecule has 7 nitrogen and oxygen atoms in total. The number of carbonyl (C=O) groups excluding carboxylic acids is 1. The highest BCUT2D eigenvalue weighted by Crippen LogP contribution is 2.38. The van der Waals surface area contributed by atoms with Crippen molar-refractivity contribution in [2.45, 2.75) is 69.9 Å². The van der Waals surface area contributed by atoms with Gasteiger partial charge in [0, 0.05) is 24.0 Å². The molecule has 0 bridgehead atoms. The van der Waals surface area contributed by atoms with Crippen LogP contribution in [-0.4, -0.2) is 24.2 Å². The molecular formula is C21H26N4O3S. The van der Waals surface area contributed by atoms with Crippen LogP contribution in [0.1, 0.15) is 54.1 Å². The number of urea groups is 1. The summed E-state index contributed by atoms with van der Waals surface area (Å²) in [5.41, 5.74) is 6.66. The number of nitrogens with zero attached hydrogens (tertiary/aromatic N) is 2. The lowest BCUT2D eigenvalue weighted by atomic mass is 9.99. The lowest BCUT2D eigenvalue weighted by molar-refractivity contribution is 0.256. The lowest BCUT2D eigenvalue weighted by Crippen LogP contribution is -2.35. The van der Waals surface area contributed by atoms with Gasteiger partial charge in [0.05, 0.1) is 0 Å². The SMILES string of the molecule is CC1CCn2nc(S(=O)(=O)NC(=O)Nc3c4c(cc5c3CCC5)CCC4)cc2C1. The Labute approximate surface area is 170 Å². The molecule has 1 atom stereocenters. The maximum absolute atomic E-state index is 12.8. The Kier molecular flexibility index (Phi) is 4.42. The van der Waals surface area contributed by atoms with Crippen molar-refractivity contribution in [2.24, 2.45) is 5.92 Å². The third kappa shape index (κ3) is 3.33. The van der Waals surface area contributed by atoms with Gasteiger partial charge < -0.3 is 5.32 Å². The molecule has 5 rings (SSSR count). The van der Waals surface area contributed by atoms with Crippen molar-refractivity contribution < 1.29 is 13.2 Å². The Bertz CT molecular complexity index is 1070. The lowest BCUT2D eigenvalue weighted by Gasteiger charge is -2.18. The average molecular weight is 415 g/mol. The summed E-state index contributed by atoms with van der Waals surface area (Å²) in [5, 5.41) is 7.01. The number of aryl methyl sites for hydroxylation is 3. The van der Waals surface area contributed by atoms with Gasteiger partial charge in [0.15, 0.2) is 5.03 Å². The molecule has 0 radical (unpaired) electrons. The first-order valence-corrected chi connectivity index (χ1v) is 12.0. The summed E-state index contributed by atoms with van der Waals surface area (Å²) in [7, 11) is -4.01. The molecule has 2 aromatic rings. The molecule has 0 spiro atoms. The highest BCUT2D eigenvalue weighted by atomic mass is 32.2. The van der Waals surface area contributed by atoms with Crippen LogP contribution in [0.25, 0.3) is 0 Å². The van der Waals surface area contributed by atoms with E-state index >= 15 is 0 Å². The average Bonchev–Trinajstić information content (AvgIpc) is 3.39. The van der Waals surface area contributed by atoms with Crippen LogP contribution >= 0.6 is 0 Å². The number of aromatic nitrogens is 2. The fourth-order valence-corrected chi connectivity index (χ4v) is 5.90. The number of fused-ring (bicyclic) bond motifs is 3. The predicted molar refractivity (Wildman–Crippen MR) is 110 cm³/mol. The van der Waals surface area contributed by atoms with Gasteiger partial charge in [-0.1, -0.05) is 13.0 Å². The fourth-order valence-electron chi connectivity index (χ4n) is 5.00. The van der Waals surface area contributed by atoms with Gasteiger partial charge in [0.2, 0.25) is 0 Å². The number of sulfonamides is 1. The van der Waals surface area contributed by atoms with Crippen LogP contribution in [-0.2, 0) is 48.7 Å². The first kappa shape index (κ1) is 18.7. The molecule has 1 unspecified atom stereocenters. The number of benzene rings is 1. The number of hydrogen-bond acceptors (Lipinski definition) is 4. The van der Waals surface area contributed by atoms with E-state index in [0.29, 0.717) is 12.5 Å². The van der Waals surface area contributed by atoms with Gasteiger partial charge in [-0.3, -0.25) is 4.68 Å². The molecule has 2 N–H and O–H groups in total. The zero-order valence-electron chi connectivity index (χ0n) is 16.6. The highest BCUT2D eigenvalue weighted by molar-refractivity contribution is 7.90. The van der Waals surface area contributed by atoms with Crippen LogP contribution in [0.3, 0.4) is 0 Å². The molecule has 2 amide bonds. The van der Waals surface area contributed by atoms with Crippen molar-refractivity contribution in [3.05, 3.63) is 40.1 Å². The topological polar surface area (TPSA) is 93.1 Å². The van der Waals surface area contributed by atoms with Crippen molar-refractivity contribution in [3.63, 3.8) is 0 Å². The van der Waals surface area contributed by atoms with E-state index in [1.54, 1.807) is 10.7 Å². The number of carbonyl (C=O) groups is 1. The molecule has 2 heterocycles. The molecule has 3 aliphatic rings.